The summed E-state index contributed by atoms with van der Waals surface area (Å²) >= 11 is 0. The van der Waals surface area contributed by atoms with Crippen LogP contribution in [0.25, 0.3) is 0 Å². The third-order valence-electron chi connectivity index (χ3n) is 5.98. The number of pyridine rings is 1. The highest BCUT2D eigenvalue weighted by atomic mass is 19.1. The fraction of sp³-hybridized carbons (Fsp3) is 0.375. The number of carbonyl (C=O) groups excluding carboxylic acids is 1. The quantitative estimate of drug-likeness (QED) is 0.586. The maximum absolute atomic E-state index is 13.9. The first-order valence-electron chi connectivity index (χ1n) is 10.9. The second-order valence-electron chi connectivity index (χ2n) is 8.26. The Kier molecular flexibility index (Phi) is 6.31. The fourth-order valence-electron chi connectivity index (χ4n) is 4.27. The van der Waals surface area contributed by atoms with E-state index in [1.165, 1.54) is 19.2 Å². The summed E-state index contributed by atoms with van der Waals surface area (Å²) in [6.07, 6.45) is 5.75. The molecule has 1 aromatic carbocycles. The van der Waals surface area contributed by atoms with Gasteiger partial charge in [0.05, 0.1) is 36.9 Å². The third kappa shape index (κ3) is 4.53. The van der Waals surface area contributed by atoms with Gasteiger partial charge in [-0.1, -0.05) is 6.92 Å². The van der Waals surface area contributed by atoms with Crippen LogP contribution in [0.2, 0.25) is 0 Å². The zero-order chi connectivity index (χ0) is 23.7. The second-order valence-corrected chi connectivity index (χ2v) is 8.26. The number of hydrogen-bond donors (Lipinski definition) is 1. The van der Waals surface area contributed by atoms with E-state index >= 15 is 0 Å². The highest BCUT2D eigenvalue weighted by Gasteiger charge is 2.30. The van der Waals surface area contributed by atoms with Crippen LogP contribution in [0.15, 0.2) is 30.6 Å². The molecule has 9 heteroatoms. The van der Waals surface area contributed by atoms with Gasteiger partial charge in [-0.15, -0.1) is 0 Å². The first-order chi connectivity index (χ1) is 15.8. The number of ether oxygens (including phenoxy) is 1. The molecule has 1 amide bonds. The standard InChI is InChI=1S/C24H27F2N5O2/c1-5-20-24(32)29-22-14(2)28-17(10-21(22)30(20)3)7-6-15-11-27-31(12-15)13-16-8-18(25)23(33-4)19(26)9-16/h8-12,20H,5-7,13H2,1-4H3,(H,29,32)/t20-/m0/s1. The summed E-state index contributed by atoms with van der Waals surface area (Å²) in [7, 11) is 3.17. The van der Waals surface area contributed by atoms with E-state index < -0.39 is 11.6 Å². The van der Waals surface area contributed by atoms with E-state index in [0.717, 1.165) is 34.7 Å². The zero-order valence-corrected chi connectivity index (χ0v) is 19.2. The van der Waals surface area contributed by atoms with Crippen LogP contribution in [0.4, 0.5) is 20.2 Å². The smallest absolute Gasteiger partial charge is 0.247 e. The van der Waals surface area contributed by atoms with Gasteiger partial charge in [0.25, 0.3) is 0 Å². The number of anilines is 2. The molecule has 0 bridgehead atoms. The first kappa shape index (κ1) is 22.7. The van der Waals surface area contributed by atoms with Crippen molar-refractivity contribution in [3.63, 3.8) is 0 Å². The van der Waals surface area contributed by atoms with Crippen LogP contribution >= 0.6 is 0 Å². The number of halogens is 2. The number of hydrogen-bond acceptors (Lipinski definition) is 5. The second kappa shape index (κ2) is 9.17. The number of methoxy groups -OCH3 is 1. The minimum absolute atomic E-state index is 0.00538. The topological polar surface area (TPSA) is 72.3 Å². The van der Waals surface area contributed by atoms with Gasteiger partial charge in [0.1, 0.15) is 6.04 Å². The van der Waals surface area contributed by atoms with Gasteiger partial charge in [-0.2, -0.15) is 5.10 Å². The van der Waals surface area contributed by atoms with Crippen LogP contribution in [-0.4, -0.2) is 40.9 Å². The predicted molar refractivity (Wildman–Crippen MR) is 122 cm³/mol. The number of likely N-dealkylation sites (N-methyl/N-ethyl adjacent to an activating group) is 1. The molecule has 1 N–H and O–H groups in total. The normalized spacial score (nSPS) is 15.4. The van der Waals surface area contributed by atoms with Crippen LogP contribution in [0.1, 0.15) is 35.9 Å². The molecule has 4 rings (SSSR count). The van der Waals surface area contributed by atoms with E-state index in [1.807, 2.05) is 38.1 Å². The number of nitrogens with one attached hydrogen (secondary N) is 1. The predicted octanol–water partition coefficient (Wildman–Crippen LogP) is 3.87. The molecule has 3 aromatic rings. The largest absolute Gasteiger partial charge is 0.491 e. The lowest BCUT2D eigenvalue weighted by Gasteiger charge is -2.35. The third-order valence-corrected chi connectivity index (χ3v) is 5.98. The van der Waals surface area contributed by atoms with Crippen molar-refractivity contribution in [2.75, 3.05) is 24.4 Å². The minimum atomic E-state index is -0.736. The van der Waals surface area contributed by atoms with E-state index in [-0.39, 0.29) is 24.2 Å². The molecular formula is C24H27F2N5O2. The molecule has 7 nitrogen and oxygen atoms in total. The number of fused-ring (bicyclic) bond motifs is 1. The molecule has 0 fully saturated rings. The summed E-state index contributed by atoms with van der Waals surface area (Å²) in [6, 6.07) is 4.33. The molecule has 33 heavy (non-hydrogen) atoms. The molecule has 0 aliphatic carbocycles. The molecule has 1 aliphatic rings. The number of rotatable bonds is 7. The number of aromatic nitrogens is 3. The van der Waals surface area contributed by atoms with Crippen molar-refractivity contribution in [1.29, 1.82) is 0 Å². The lowest BCUT2D eigenvalue weighted by Crippen LogP contribution is -2.46. The molecule has 3 heterocycles. The molecule has 2 aromatic heterocycles. The number of carbonyl (C=O) groups is 1. The van der Waals surface area contributed by atoms with Crippen molar-refractivity contribution < 1.29 is 18.3 Å². The van der Waals surface area contributed by atoms with Crippen LogP contribution in [0.3, 0.4) is 0 Å². The number of benzene rings is 1. The fourth-order valence-corrected chi connectivity index (χ4v) is 4.27. The monoisotopic (exact) mass is 455 g/mol. The van der Waals surface area contributed by atoms with Crippen molar-refractivity contribution in [2.24, 2.45) is 0 Å². The highest BCUT2D eigenvalue weighted by Crippen LogP contribution is 2.34. The highest BCUT2D eigenvalue weighted by molar-refractivity contribution is 6.04. The minimum Gasteiger partial charge on any atom is -0.491 e. The molecule has 0 radical (unpaired) electrons. The molecule has 174 valence electrons. The summed E-state index contributed by atoms with van der Waals surface area (Å²) in [5.74, 6) is -1.86. The Bertz CT molecular complexity index is 1170. The number of nitrogens with zero attached hydrogens (tertiary/aromatic N) is 4. The van der Waals surface area contributed by atoms with Gasteiger partial charge in [0.15, 0.2) is 17.4 Å². The van der Waals surface area contributed by atoms with E-state index in [2.05, 4.69) is 15.4 Å². The van der Waals surface area contributed by atoms with Crippen molar-refractivity contribution in [3.05, 3.63) is 64.7 Å². The van der Waals surface area contributed by atoms with Crippen molar-refractivity contribution in [2.45, 2.75) is 45.7 Å². The molecule has 0 saturated carbocycles. The maximum atomic E-state index is 13.9. The Morgan fingerprint density at radius 2 is 1.88 bits per heavy atom. The number of amides is 1. The van der Waals surface area contributed by atoms with Crippen molar-refractivity contribution in [1.82, 2.24) is 14.8 Å². The average molecular weight is 456 g/mol. The molecule has 0 spiro atoms. The van der Waals surface area contributed by atoms with Crippen LogP contribution in [-0.2, 0) is 24.2 Å². The first-order valence-corrected chi connectivity index (χ1v) is 10.9. The van der Waals surface area contributed by atoms with Crippen molar-refractivity contribution >= 4 is 17.3 Å². The van der Waals surface area contributed by atoms with Crippen LogP contribution < -0.4 is 15.0 Å². The Morgan fingerprint density at radius 3 is 2.55 bits per heavy atom. The Labute approximate surface area is 191 Å². The summed E-state index contributed by atoms with van der Waals surface area (Å²) in [4.78, 5) is 19.0. The zero-order valence-electron chi connectivity index (χ0n) is 19.2. The van der Waals surface area contributed by atoms with Crippen LogP contribution in [0.5, 0.6) is 5.75 Å². The Morgan fingerprint density at radius 1 is 1.15 bits per heavy atom. The van der Waals surface area contributed by atoms with Gasteiger partial charge in [-0.05, 0) is 55.5 Å². The lowest BCUT2D eigenvalue weighted by atomic mass is 10.0. The summed E-state index contributed by atoms with van der Waals surface area (Å²) in [5.41, 5.74) is 4.91. The molecule has 0 saturated heterocycles. The van der Waals surface area contributed by atoms with E-state index in [0.29, 0.717) is 18.4 Å². The molecule has 0 unspecified atom stereocenters. The van der Waals surface area contributed by atoms with Gasteiger partial charge >= 0.3 is 0 Å². The maximum Gasteiger partial charge on any atom is 0.247 e. The van der Waals surface area contributed by atoms with Crippen LogP contribution in [0, 0.1) is 18.6 Å². The molecular weight excluding hydrogens is 428 g/mol. The molecule has 1 aliphatic heterocycles. The van der Waals surface area contributed by atoms with Gasteiger partial charge in [-0.25, -0.2) is 8.78 Å². The van der Waals surface area contributed by atoms with Gasteiger partial charge in [0, 0.05) is 18.9 Å². The Balaban J connectivity index is 1.45. The Hall–Kier alpha value is -3.49. The summed E-state index contributed by atoms with van der Waals surface area (Å²) in [5, 5.41) is 7.30. The van der Waals surface area contributed by atoms with E-state index in [9.17, 15) is 13.6 Å². The average Bonchev–Trinajstić information content (AvgIpc) is 3.20. The van der Waals surface area contributed by atoms with E-state index in [4.69, 9.17) is 4.74 Å². The van der Waals surface area contributed by atoms with Gasteiger partial charge in [-0.3, -0.25) is 14.5 Å². The molecule has 1 atom stereocenters. The van der Waals surface area contributed by atoms with E-state index in [1.54, 1.807) is 10.9 Å². The SMILES string of the molecule is CC[C@H]1C(=O)Nc2c(cc(CCc3cnn(Cc4cc(F)c(OC)c(F)c4)c3)nc2C)N1C. The van der Waals surface area contributed by atoms with Crippen molar-refractivity contribution in [3.8, 4) is 5.75 Å². The number of aryl methyl sites for hydroxylation is 3. The summed E-state index contributed by atoms with van der Waals surface area (Å²) in [6.45, 7) is 4.14. The summed E-state index contributed by atoms with van der Waals surface area (Å²) < 4.78 is 34.3. The lowest BCUT2D eigenvalue weighted by molar-refractivity contribution is -0.117. The van der Waals surface area contributed by atoms with Gasteiger partial charge < -0.3 is 15.0 Å². The van der Waals surface area contributed by atoms with Gasteiger partial charge in [0.2, 0.25) is 5.91 Å².